The average Bonchev–Trinajstić information content (AvgIpc) is 2.65. The molecule has 0 aliphatic carbocycles. The van der Waals surface area contributed by atoms with Gasteiger partial charge in [-0.05, 0) is 37.5 Å². The van der Waals surface area contributed by atoms with Crippen molar-refractivity contribution in [1.82, 2.24) is 4.98 Å². The van der Waals surface area contributed by atoms with E-state index in [1.807, 2.05) is 25.1 Å². The molecule has 1 aliphatic heterocycles. The number of carbonyl (C=O) groups is 2. The Morgan fingerprint density at radius 1 is 1.29 bits per heavy atom. The van der Waals surface area contributed by atoms with Gasteiger partial charge in [0.2, 0.25) is 5.91 Å². The first-order chi connectivity index (χ1) is 13.3. The smallest absolute Gasteiger partial charge is 0.325 e. The van der Waals surface area contributed by atoms with E-state index in [4.69, 9.17) is 0 Å². The Morgan fingerprint density at radius 3 is 2.82 bits per heavy atom. The van der Waals surface area contributed by atoms with Crippen molar-refractivity contribution in [2.75, 3.05) is 22.5 Å². The molecule has 148 valence electrons. The number of hydrogen-bond acceptors (Lipinski definition) is 4. The highest BCUT2D eigenvalue weighted by Gasteiger charge is 2.34. The fraction of sp³-hybridized carbons (Fsp3) is 0.316. The number of aromatic nitrogens is 1. The summed E-state index contributed by atoms with van der Waals surface area (Å²) in [5.41, 5.74) is 1.61. The van der Waals surface area contributed by atoms with Crippen LogP contribution in [0.25, 0.3) is 0 Å². The van der Waals surface area contributed by atoms with E-state index in [0.29, 0.717) is 12.7 Å². The maximum Gasteiger partial charge on any atom is 0.419 e. The third-order valence-electron chi connectivity index (χ3n) is 4.30. The molecule has 0 atom stereocenters. The number of benzene rings is 1. The standard InChI is InChI=1S/C19H18F3N3O2S/c1-12-4-5-16-13(9-12)3-2-8-25(16)18(27)28-11-17(26)24-15-6-7-23-10-14(15)19(20,21)22/h4-7,9-10H,2-3,8,11H2,1H3,(H,23,24,26). The Kier molecular flexibility index (Phi) is 5.93. The Labute approximate surface area is 164 Å². The lowest BCUT2D eigenvalue weighted by atomic mass is 10.0. The molecule has 5 nitrogen and oxygen atoms in total. The molecule has 0 radical (unpaired) electrons. The van der Waals surface area contributed by atoms with E-state index in [-0.39, 0.29) is 16.7 Å². The molecule has 1 aromatic carbocycles. The molecule has 0 saturated carbocycles. The lowest BCUT2D eigenvalue weighted by molar-refractivity contribution is -0.137. The zero-order valence-corrected chi connectivity index (χ0v) is 15.9. The highest BCUT2D eigenvalue weighted by molar-refractivity contribution is 8.14. The average molecular weight is 409 g/mol. The summed E-state index contributed by atoms with van der Waals surface area (Å²) in [6, 6.07) is 6.92. The van der Waals surface area contributed by atoms with Crippen molar-refractivity contribution in [2.24, 2.45) is 0 Å². The Morgan fingerprint density at radius 2 is 2.07 bits per heavy atom. The van der Waals surface area contributed by atoms with Crippen molar-refractivity contribution in [1.29, 1.82) is 0 Å². The van der Waals surface area contributed by atoms with Crippen LogP contribution in [0, 0.1) is 6.92 Å². The van der Waals surface area contributed by atoms with Crippen LogP contribution in [0.2, 0.25) is 0 Å². The van der Waals surface area contributed by atoms with Crippen LogP contribution < -0.4 is 10.2 Å². The van der Waals surface area contributed by atoms with Crippen molar-refractivity contribution in [2.45, 2.75) is 25.9 Å². The number of halogens is 3. The van der Waals surface area contributed by atoms with Gasteiger partial charge in [0.1, 0.15) is 0 Å². The third kappa shape index (κ3) is 4.64. The van der Waals surface area contributed by atoms with Crippen LogP contribution in [0.4, 0.5) is 29.3 Å². The van der Waals surface area contributed by atoms with Crippen molar-refractivity contribution >= 4 is 34.3 Å². The zero-order chi connectivity index (χ0) is 20.3. The summed E-state index contributed by atoms with van der Waals surface area (Å²) in [5.74, 6) is -0.966. The van der Waals surface area contributed by atoms with Gasteiger partial charge >= 0.3 is 6.18 Å². The Hall–Kier alpha value is -2.55. The highest BCUT2D eigenvalue weighted by Crippen LogP contribution is 2.34. The number of anilines is 2. The fourth-order valence-electron chi connectivity index (χ4n) is 3.04. The molecule has 0 unspecified atom stereocenters. The number of pyridine rings is 1. The number of amides is 2. The summed E-state index contributed by atoms with van der Waals surface area (Å²) in [5, 5.41) is 1.91. The predicted molar refractivity (Wildman–Crippen MR) is 103 cm³/mol. The van der Waals surface area contributed by atoms with Gasteiger partial charge in [0.05, 0.1) is 17.0 Å². The highest BCUT2D eigenvalue weighted by atomic mass is 32.2. The quantitative estimate of drug-likeness (QED) is 0.801. The number of thioether (sulfide) groups is 1. The minimum absolute atomic E-state index is 0.282. The molecule has 28 heavy (non-hydrogen) atoms. The number of nitrogens with zero attached hydrogens (tertiary/aromatic N) is 2. The van der Waals surface area contributed by atoms with E-state index in [0.717, 1.165) is 53.7 Å². The first-order valence-electron chi connectivity index (χ1n) is 8.60. The second-order valence-corrected chi connectivity index (χ2v) is 7.34. The van der Waals surface area contributed by atoms with E-state index in [1.54, 1.807) is 4.90 Å². The van der Waals surface area contributed by atoms with E-state index in [2.05, 4.69) is 10.3 Å². The minimum atomic E-state index is -4.63. The lowest BCUT2D eigenvalue weighted by Crippen LogP contribution is -2.33. The van der Waals surface area contributed by atoms with Gasteiger partial charge in [-0.1, -0.05) is 29.5 Å². The number of fused-ring (bicyclic) bond motifs is 1. The van der Waals surface area contributed by atoms with Gasteiger partial charge in [0, 0.05) is 24.6 Å². The summed E-state index contributed by atoms with van der Waals surface area (Å²) in [4.78, 5) is 29.7. The van der Waals surface area contributed by atoms with Gasteiger partial charge in [-0.2, -0.15) is 13.2 Å². The lowest BCUT2D eigenvalue weighted by Gasteiger charge is -2.29. The second-order valence-electron chi connectivity index (χ2n) is 6.41. The maximum atomic E-state index is 13.0. The zero-order valence-electron chi connectivity index (χ0n) is 15.0. The number of carbonyl (C=O) groups excluding carboxylic acids is 2. The van der Waals surface area contributed by atoms with Gasteiger partial charge in [-0.15, -0.1) is 0 Å². The molecule has 1 aliphatic rings. The van der Waals surface area contributed by atoms with Crippen molar-refractivity contribution in [3.8, 4) is 0 Å². The van der Waals surface area contributed by atoms with Gasteiger partial charge in [0.25, 0.3) is 5.24 Å². The minimum Gasteiger partial charge on any atom is -0.325 e. The first-order valence-corrected chi connectivity index (χ1v) is 9.59. The normalized spacial score (nSPS) is 13.8. The molecular formula is C19H18F3N3O2S. The van der Waals surface area contributed by atoms with E-state index >= 15 is 0 Å². The SMILES string of the molecule is Cc1ccc2c(c1)CCCN2C(=O)SCC(=O)Nc1ccncc1C(F)(F)F. The molecule has 0 bridgehead atoms. The van der Waals surface area contributed by atoms with Crippen LogP contribution in [0.3, 0.4) is 0 Å². The summed E-state index contributed by atoms with van der Waals surface area (Å²) in [6.45, 7) is 2.53. The van der Waals surface area contributed by atoms with Crippen molar-refractivity contribution < 1.29 is 22.8 Å². The predicted octanol–water partition coefficient (Wildman–Crippen LogP) is 4.65. The molecule has 0 spiro atoms. The Balaban J connectivity index is 1.63. The number of rotatable bonds is 3. The van der Waals surface area contributed by atoms with E-state index in [1.165, 1.54) is 0 Å². The fourth-order valence-corrected chi connectivity index (χ4v) is 3.71. The van der Waals surface area contributed by atoms with Gasteiger partial charge in [-0.3, -0.25) is 14.6 Å². The van der Waals surface area contributed by atoms with Gasteiger partial charge < -0.3 is 10.2 Å². The molecule has 2 amide bonds. The van der Waals surface area contributed by atoms with Crippen molar-refractivity contribution in [3.63, 3.8) is 0 Å². The van der Waals surface area contributed by atoms with Crippen LogP contribution >= 0.6 is 11.8 Å². The molecular weight excluding hydrogens is 391 g/mol. The van der Waals surface area contributed by atoms with E-state index < -0.39 is 17.6 Å². The van der Waals surface area contributed by atoms with Crippen LogP contribution in [0.15, 0.2) is 36.7 Å². The largest absolute Gasteiger partial charge is 0.419 e. The first kappa shape index (κ1) is 20.2. The number of alkyl halides is 3. The van der Waals surface area contributed by atoms with Crippen LogP contribution in [0.5, 0.6) is 0 Å². The van der Waals surface area contributed by atoms with Crippen molar-refractivity contribution in [3.05, 3.63) is 53.3 Å². The molecule has 2 aromatic rings. The van der Waals surface area contributed by atoms with Gasteiger partial charge in [-0.25, -0.2) is 0 Å². The topological polar surface area (TPSA) is 62.3 Å². The van der Waals surface area contributed by atoms with E-state index in [9.17, 15) is 22.8 Å². The number of aryl methyl sites for hydroxylation is 2. The summed E-state index contributed by atoms with van der Waals surface area (Å²) in [7, 11) is 0. The monoisotopic (exact) mass is 409 g/mol. The molecule has 1 aromatic heterocycles. The van der Waals surface area contributed by atoms with Crippen LogP contribution in [-0.2, 0) is 17.4 Å². The van der Waals surface area contributed by atoms with Gasteiger partial charge in [0.15, 0.2) is 0 Å². The summed E-state index contributed by atoms with van der Waals surface area (Å²) >= 11 is 0.770. The Bertz CT molecular complexity index is 902. The van der Waals surface area contributed by atoms with Crippen LogP contribution in [-0.4, -0.2) is 28.4 Å². The maximum absolute atomic E-state index is 13.0. The molecule has 2 heterocycles. The summed E-state index contributed by atoms with van der Waals surface area (Å²) < 4.78 is 38.9. The molecule has 9 heteroatoms. The number of hydrogen-bond donors (Lipinski definition) is 1. The molecule has 0 saturated heterocycles. The molecule has 0 fully saturated rings. The van der Waals surface area contributed by atoms with Crippen LogP contribution in [0.1, 0.15) is 23.1 Å². The second kappa shape index (κ2) is 8.22. The summed E-state index contributed by atoms with van der Waals surface area (Å²) in [6.07, 6.45) is -1.11. The number of nitrogens with one attached hydrogen (secondary N) is 1. The third-order valence-corrected chi connectivity index (χ3v) is 5.18. The molecule has 1 N–H and O–H groups in total. The molecule has 3 rings (SSSR count).